The summed E-state index contributed by atoms with van der Waals surface area (Å²) in [7, 11) is 0. The molecule has 3 aromatic rings. The molecule has 0 radical (unpaired) electrons. The third kappa shape index (κ3) is 3.06. The maximum atomic E-state index is 14.0. The Morgan fingerprint density at radius 2 is 1.53 bits per heavy atom. The average Bonchev–Trinajstić information content (AvgIpc) is 3.27. The molecule has 0 aliphatic carbocycles. The van der Waals surface area contributed by atoms with Crippen LogP contribution >= 0.6 is 0 Å². The molecule has 2 heterocycles. The Hall–Kier alpha value is -3.51. The highest BCUT2D eigenvalue weighted by Gasteiger charge is 2.59. The maximum absolute atomic E-state index is 14.0. The minimum Gasteiger partial charge on any atom is -0.275 e. The van der Waals surface area contributed by atoms with Gasteiger partial charge in [0, 0.05) is 0 Å². The first-order chi connectivity index (χ1) is 14.6. The predicted molar refractivity (Wildman–Crippen MR) is 108 cm³/mol. The molecule has 2 aliphatic heterocycles. The van der Waals surface area contributed by atoms with Crippen LogP contribution in [0.3, 0.4) is 0 Å². The van der Waals surface area contributed by atoms with Crippen molar-refractivity contribution in [2.45, 2.75) is 18.7 Å². The number of fused-ring (bicyclic) bond motifs is 1. The van der Waals surface area contributed by atoms with Crippen LogP contribution in [0.15, 0.2) is 84.9 Å². The Bertz CT molecular complexity index is 1090. The zero-order valence-corrected chi connectivity index (χ0v) is 16.0. The van der Waals surface area contributed by atoms with E-state index in [1.807, 2.05) is 60.7 Å². The minimum atomic E-state index is -0.935. The predicted octanol–water partition coefficient (Wildman–Crippen LogP) is 3.87. The molecule has 0 spiro atoms. The average molecular weight is 402 g/mol. The zero-order valence-electron chi connectivity index (χ0n) is 16.0. The van der Waals surface area contributed by atoms with Gasteiger partial charge in [0.1, 0.15) is 11.7 Å². The lowest BCUT2D eigenvalue weighted by atomic mass is 9.90. The van der Waals surface area contributed by atoms with Crippen LogP contribution < -0.4 is 5.06 Å². The standard InChI is InChI=1S/C24H19FN2O3/c25-18-11-7-10-17(14-18)21-20-22(30-27(21)19-12-5-2-6-13-19)24(29)26(23(20)28)15-16-8-3-1-4-9-16/h1-14,20-22H,15H2/t20-,21-,22+/m0/s1. The van der Waals surface area contributed by atoms with Gasteiger partial charge in [-0.1, -0.05) is 60.7 Å². The summed E-state index contributed by atoms with van der Waals surface area (Å²) in [6.45, 7) is 0.191. The zero-order chi connectivity index (χ0) is 20.7. The van der Waals surface area contributed by atoms with Gasteiger partial charge in [0.25, 0.3) is 5.91 Å². The highest BCUT2D eigenvalue weighted by Crippen LogP contribution is 2.46. The van der Waals surface area contributed by atoms with Gasteiger partial charge in [-0.05, 0) is 35.4 Å². The summed E-state index contributed by atoms with van der Waals surface area (Å²) >= 11 is 0. The number of nitrogens with zero attached hydrogens (tertiary/aromatic N) is 2. The minimum absolute atomic E-state index is 0.191. The van der Waals surface area contributed by atoms with Crippen LogP contribution in [0.2, 0.25) is 0 Å². The van der Waals surface area contributed by atoms with Crippen LogP contribution in [0.4, 0.5) is 10.1 Å². The SMILES string of the molecule is O=C1[C@@H]2[C@@H](ON(c3ccccc3)[C@H]2c2cccc(F)c2)C(=O)N1Cc1ccccc1. The Morgan fingerprint density at radius 1 is 0.833 bits per heavy atom. The van der Waals surface area contributed by atoms with Gasteiger partial charge in [0.15, 0.2) is 6.10 Å². The number of amides is 2. The maximum Gasteiger partial charge on any atom is 0.262 e. The summed E-state index contributed by atoms with van der Waals surface area (Å²) in [6, 6.07) is 24.1. The molecule has 0 bridgehead atoms. The third-order valence-corrected chi connectivity index (χ3v) is 5.59. The summed E-state index contributed by atoms with van der Waals surface area (Å²) in [5.74, 6) is -1.82. The topological polar surface area (TPSA) is 49.9 Å². The van der Waals surface area contributed by atoms with Crippen molar-refractivity contribution in [1.29, 1.82) is 0 Å². The molecule has 0 unspecified atom stereocenters. The highest BCUT2D eigenvalue weighted by molar-refractivity contribution is 6.07. The van der Waals surface area contributed by atoms with Crippen molar-refractivity contribution >= 4 is 17.5 Å². The Morgan fingerprint density at radius 3 is 2.23 bits per heavy atom. The van der Waals surface area contributed by atoms with Crippen molar-refractivity contribution in [2.24, 2.45) is 5.92 Å². The van der Waals surface area contributed by atoms with Crippen molar-refractivity contribution in [2.75, 3.05) is 5.06 Å². The number of hydroxylamine groups is 1. The summed E-state index contributed by atoms with van der Waals surface area (Å²) in [4.78, 5) is 33.7. The van der Waals surface area contributed by atoms with E-state index in [0.29, 0.717) is 11.3 Å². The fourth-order valence-corrected chi connectivity index (χ4v) is 4.22. The number of imide groups is 1. The van der Waals surface area contributed by atoms with E-state index in [1.165, 1.54) is 17.0 Å². The van der Waals surface area contributed by atoms with Crippen molar-refractivity contribution in [3.05, 3.63) is 102 Å². The first-order valence-corrected chi connectivity index (χ1v) is 9.79. The van der Waals surface area contributed by atoms with Crippen LogP contribution in [0, 0.1) is 11.7 Å². The van der Waals surface area contributed by atoms with E-state index in [9.17, 15) is 14.0 Å². The molecule has 6 heteroatoms. The van der Waals surface area contributed by atoms with Gasteiger partial charge in [-0.3, -0.25) is 19.3 Å². The summed E-state index contributed by atoms with van der Waals surface area (Å²) in [5, 5.41) is 1.57. The highest BCUT2D eigenvalue weighted by atomic mass is 19.1. The van der Waals surface area contributed by atoms with E-state index < -0.39 is 23.9 Å². The van der Waals surface area contributed by atoms with E-state index in [-0.39, 0.29) is 18.4 Å². The molecule has 0 N–H and O–H groups in total. The molecule has 2 fully saturated rings. The Labute approximate surface area is 173 Å². The molecule has 3 atom stereocenters. The van der Waals surface area contributed by atoms with E-state index in [1.54, 1.807) is 17.2 Å². The number of para-hydroxylation sites is 1. The van der Waals surface area contributed by atoms with Crippen LogP contribution in [0.5, 0.6) is 0 Å². The molecule has 2 amide bonds. The molecule has 30 heavy (non-hydrogen) atoms. The van der Waals surface area contributed by atoms with Gasteiger partial charge in [-0.2, -0.15) is 0 Å². The van der Waals surface area contributed by atoms with Gasteiger partial charge in [-0.25, -0.2) is 9.45 Å². The van der Waals surface area contributed by atoms with Gasteiger partial charge in [0.05, 0.1) is 18.3 Å². The smallest absolute Gasteiger partial charge is 0.262 e. The quantitative estimate of drug-likeness (QED) is 0.622. The summed E-state index contributed by atoms with van der Waals surface area (Å²) in [6.07, 6.45) is -0.935. The van der Waals surface area contributed by atoms with Crippen molar-refractivity contribution in [1.82, 2.24) is 4.90 Å². The molecule has 150 valence electrons. The number of rotatable bonds is 4. The summed E-state index contributed by atoms with van der Waals surface area (Å²) < 4.78 is 14.0. The number of likely N-dealkylation sites (tertiary alicyclic amines) is 1. The van der Waals surface area contributed by atoms with Crippen molar-refractivity contribution in [3.63, 3.8) is 0 Å². The third-order valence-electron chi connectivity index (χ3n) is 5.59. The molecule has 0 aromatic heterocycles. The fraction of sp³-hybridized carbons (Fsp3) is 0.167. The van der Waals surface area contributed by atoms with E-state index in [0.717, 1.165) is 5.56 Å². The number of halogens is 1. The molecular weight excluding hydrogens is 383 g/mol. The second-order valence-corrected chi connectivity index (χ2v) is 7.46. The normalized spacial score (nSPS) is 23.2. The van der Waals surface area contributed by atoms with E-state index in [2.05, 4.69) is 0 Å². The lowest BCUT2D eigenvalue weighted by molar-refractivity contribution is -0.143. The summed E-state index contributed by atoms with van der Waals surface area (Å²) in [5.41, 5.74) is 2.16. The number of benzene rings is 3. The van der Waals surface area contributed by atoms with Crippen LogP contribution in [0.1, 0.15) is 17.2 Å². The number of hydrogen-bond donors (Lipinski definition) is 0. The number of carbonyl (C=O) groups excluding carboxylic acids is 2. The van der Waals surface area contributed by atoms with Gasteiger partial charge in [0.2, 0.25) is 5.91 Å². The van der Waals surface area contributed by atoms with Crippen molar-refractivity contribution in [3.8, 4) is 0 Å². The molecule has 2 aliphatic rings. The van der Waals surface area contributed by atoms with Crippen LogP contribution in [-0.2, 0) is 21.0 Å². The lowest BCUT2D eigenvalue weighted by Gasteiger charge is -2.28. The molecule has 2 saturated heterocycles. The molecule has 5 rings (SSSR count). The van der Waals surface area contributed by atoms with Gasteiger partial charge < -0.3 is 0 Å². The Balaban J connectivity index is 1.53. The number of hydrogen-bond acceptors (Lipinski definition) is 4. The second-order valence-electron chi connectivity index (χ2n) is 7.46. The van der Waals surface area contributed by atoms with Crippen LogP contribution in [0.25, 0.3) is 0 Å². The largest absolute Gasteiger partial charge is 0.275 e. The van der Waals surface area contributed by atoms with Crippen LogP contribution in [-0.4, -0.2) is 22.8 Å². The fourth-order valence-electron chi connectivity index (χ4n) is 4.22. The first kappa shape index (κ1) is 18.5. The molecule has 5 nitrogen and oxygen atoms in total. The second kappa shape index (κ2) is 7.39. The Kier molecular flexibility index (Phi) is 4.56. The number of anilines is 1. The monoisotopic (exact) mass is 402 g/mol. The van der Waals surface area contributed by atoms with Gasteiger partial charge >= 0.3 is 0 Å². The number of carbonyl (C=O) groups is 2. The van der Waals surface area contributed by atoms with Gasteiger partial charge in [-0.15, -0.1) is 0 Å². The van der Waals surface area contributed by atoms with E-state index >= 15 is 0 Å². The lowest BCUT2D eigenvalue weighted by Crippen LogP contribution is -2.36. The van der Waals surface area contributed by atoms with Crippen molar-refractivity contribution < 1.29 is 18.8 Å². The molecular formula is C24H19FN2O3. The molecule has 3 aromatic carbocycles. The van der Waals surface area contributed by atoms with E-state index in [4.69, 9.17) is 4.84 Å². The molecule has 0 saturated carbocycles. The first-order valence-electron chi connectivity index (χ1n) is 9.79.